The molecule has 1 aliphatic carbocycles. The second kappa shape index (κ2) is 7.10. The van der Waals surface area contributed by atoms with Crippen molar-refractivity contribution < 1.29 is 4.79 Å². The summed E-state index contributed by atoms with van der Waals surface area (Å²) in [5, 5.41) is 6.25. The van der Waals surface area contributed by atoms with E-state index in [4.69, 9.17) is 0 Å². The first kappa shape index (κ1) is 15.4. The highest BCUT2D eigenvalue weighted by Gasteiger charge is 2.27. The zero-order chi connectivity index (χ0) is 13.6. The molecular weight excluding hydrogens is 226 g/mol. The summed E-state index contributed by atoms with van der Waals surface area (Å²) >= 11 is 0. The van der Waals surface area contributed by atoms with Crippen molar-refractivity contribution >= 4 is 5.91 Å². The molecule has 0 heterocycles. The van der Waals surface area contributed by atoms with E-state index in [0.29, 0.717) is 6.54 Å². The third-order valence-electron chi connectivity index (χ3n) is 3.69. The fourth-order valence-electron chi connectivity index (χ4n) is 1.97. The Morgan fingerprint density at radius 2 is 2.00 bits per heavy atom. The van der Waals surface area contributed by atoms with Gasteiger partial charge in [0, 0.05) is 24.7 Å². The molecule has 0 aromatic carbocycles. The smallest absolute Gasteiger partial charge is 0.234 e. The average molecular weight is 255 g/mol. The molecule has 0 saturated heterocycles. The fraction of sp³-hybridized carbons (Fsp3) is 0.929. The van der Waals surface area contributed by atoms with Gasteiger partial charge in [-0.05, 0) is 39.7 Å². The van der Waals surface area contributed by atoms with Crippen LogP contribution in [0, 0.1) is 0 Å². The van der Waals surface area contributed by atoms with Crippen LogP contribution in [0.4, 0.5) is 0 Å². The Balaban J connectivity index is 2.08. The molecule has 1 amide bonds. The van der Waals surface area contributed by atoms with Crippen molar-refractivity contribution in [2.24, 2.45) is 0 Å². The van der Waals surface area contributed by atoms with Crippen LogP contribution in [0.3, 0.4) is 0 Å². The minimum absolute atomic E-state index is 0.0938. The van der Waals surface area contributed by atoms with Crippen molar-refractivity contribution in [3.05, 3.63) is 0 Å². The van der Waals surface area contributed by atoms with Gasteiger partial charge in [-0.15, -0.1) is 0 Å². The maximum Gasteiger partial charge on any atom is 0.234 e. The molecule has 4 nitrogen and oxygen atoms in total. The standard InChI is InChI=1S/C14H29N3O/c1-5-14(3,4)16-13(18)11-15-9-10-17(6-2)12-7-8-12/h12,15H,5-11H2,1-4H3,(H,16,18). The maximum absolute atomic E-state index is 11.7. The van der Waals surface area contributed by atoms with Gasteiger partial charge in [0.05, 0.1) is 6.54 Å². The lowest BCUT2D eigenvalue weighted by Gasteiger charge is -2.25. The lowest BCUT2D eigenvalue weighted by molar-refractivity contribution is -0.121. The van der Waals surface area contributed by atoms with Crippen LogP contribution in [0.5, 0.6) is 0 Å². The first-order valence-corrected chi connectivity index (χ1v) is 7.24. The number of carbonyl (C=O) groups is 1. The van der Waals surface area contributed by atoms with Crippen molar-refractivity contribution in [1.29, 1.82) is 0 Å². The van der Waals surface area contributed by atoms with Crippen molar-refractivity contribution in [3.8, 4) is 0 Å². The van der Waals surface area contributed by atoms with Crippen LogP contribution in [0.25, 0.3) is 0 Å². The molecular formula is C14H29N3O. The highest BCUT2D eigenvalue weighted by molar-refractivity contribution is 5.78. The molecule has 1 aliphatic rings. The van der Waals surface area contributed by atoms with Crippen molar-refractivity contribution in [1.82, 2.24) is 15.5 Å². The van der Waals surface area contributed by atoms with Crippen LogP contribution in [0.2, 0.25) is 0 Å². The molecule has 2 N–H and O–H groups in total. The van der Waals surface area contributed by atoms with Crippen LogP contribution in [0.15, 0.2) is 0 Å². The number of rotatable bonds is 9. The van der Waals surface area contributed by atoms with Crippen LogP contribution >= 0.6 is 0 Å². The number of hydrogen-bond donors (Lipinski definition) is 2. The van der Waals surface area contributed by atoms with E-state index in [9.17, 15) is 4.79 Å². The van der Waals surface area contributed by atoms with Gasteiger partial charge in [-0.25, -0.2) is 0 Å². The summed E-state index contributed by atoms with van der Waals surface area (Å²) in [6.45, 7) is 11.9. The number of carbonyl (C=O) groups excluding carboxylic acids is 1. The zero-order valence-corrected chi connectivity index (χ0v) is 12.4. The van der Waals surface area contributed by atoms with Gasteiger partial charge in [-0.3, -0.25) is 9.69 Å². The predicted octanol–water partition coefficient (Wildman–Crippen LogP) is 1.37. The van der Waals surface area contributed by atoms with E-state index >= 15 is 0 Å². The molecule has 106 valence electrons. The molecule has 1 rings (SSSR count). The van der Waals surface area contributed by atoms with Gasteiger partial charge < -0.3 is 10.6 Å². The Morgan fingerprint density at radius 3 is 2.50 bits per heavy atom. The van der Waals surface area contributed by atoms with Crippen molar-refractivity contribution in [2.45, 2.75) is 58.5 Å². The van der Waals surface area contributed by atoms with E-state index < -0.39 is 0 Å². The Morgan fingerprint density at radius 1 is 1.33 bits per heavy atom. The quantitative estimate of drug-likeness (QED) is 0.612. The molecule has 0 aliphatic heterocycles. The topological polar surface area (TPSA) is 44.4 Å². The predicted molar refractivity (Wildman–Crippen MR) is 75.7 cm³/mol. The Hall–Kier alpha value is -0.610. The van der Waals surface area contributed by atoms with Gasteiger partial charge in [0.2, 0.25) is 5.91 Å². The minimum atomic E-state index is -0.0950. The molecule has 0 bridgehead atoms. The van der Waals surface area contributed by atoms with Gasteiger partial charge >= 0.3 is 0 Å². The van der Waals surface area contributed by atoms with Crippen LogP contribution < -0.4 is 10.6 Å². The third kappa shape index (κ3) is 5.83. The Labute approximate surface area is 111 Å². The molecule has 0 atom stereocenters. The van der Waals surface area contributed by atoms with E-state index in [1.54, 1.807) is 0 Å². The molecule has 1 saturated carbocycles. The van der Waals surface area contributed by atoms with Crippen LogP contribution in [-0.4, -0.2) is 48.6 Å². The zero-order valence-electron chi connectivity index (χ0n) is 12.4. The van der Waals surface area contributed by atoms with E-state index in [0.717, 1.165) is 32.1 Å². The number of nitrogens with one attached hydrogen (secondary N) is 2. The van der Waals surface area contributed by atoms with Crippen LogP contribution in [-0.2, 0) is 4.79 Å². The normalized spacial score (nSPS) is 16.1. The lowest BCUT2D eigenvalue weighted by Crippen LogP contribution is -2.47. The summed E-state index contributed by atoms with van der Waals surface area (Å²) in [6.07, 6.45) is 3.64. The molecule has 1 fully saturated rings. The highest BCUT2D eigenvalue weighted by atomic mass is 16.2. The van der Waals surface area contributed by atoms with E-state index in [1.165, 1.54) is 12.8 Å². The molecule has 0 unspecified atom stereocenters. The number of amides is 1. The minimum Gasteiger partial charge on any atom is -0.350 e. The van der Waals surface area contributed by atoms with E-state index in [2.05, 4.69) is 43.2 Å². The summed E-state index contributed by atoms with van der Waals surface area (Å²) < 4.78 is 0. The number of nitrogens with zero attached hydrogens (tertiary/aromatic N) is 1. The summed E-state index contributed by atoms with van der Waals surface area (Å²) in [4.78, 5) is 14.2. The van der Waals surface area contributed by atoms with Gasteiger partial charge in [-0.1, -0.05) is 13.8 Å². The SMILES string of the molecule is CCN(CCNCC(=O)NC(C)(C)CC)C1CC1. The van der Waals surface area contributed by atoms with Gasteiger partial charge in [0.1, 0.15) is 0 Å². The second-order valence-electron chi connectivity index (χ2n) is 5.82. The number of likely N-dealkylation sites (N-methyl/N-ethyl adjacent to an activating group) is 1. The fourth-order valence-corrected chi connectivity index (χ4v) is 1.97. The number of hydrogen-bond acceptors (Lipinski definition) is 3. The lowest BCUT2D eigenvalue weighted by atomic mass is 10.0. The van der Waals surface area contributed by atoms with E-state index in [-0.39, 0.29) is 11.4 Å². The summed E-state index contributed by atoms with van der Waals surface area (Å²) in [6, 6.07) is 0.810. The molecule has 0 aromatic rings. The van der Waals surface area contributed by atoms with Gasteiger partial charge in [0.15, 0.2) is 0 Å². The average Bonchev–Trinajstić information content (AvgIpc) is 3.13. The first-order valence-electron chi connectivity index (χ1n) is 7.24. The van der Waals surface area contributed by atoms with Gasteiger partial charge in [0.25, 0.3) is 0 Å². The van der Waals surface area contributed by atoms with Crippen LogP contribution in [0.1, 0.15) is 47.0 Å². The largest absolute Gasteiger partial charge is 0.350 e. The summed E-state index contributed by atoms with van der Waals surface area (Å²) in [7, 11) is 0. The highest BCUT2D eigenvalue weighted by Crippen LogP contribution is 2.25. The molecule has 18 heavy (non-hydrogen) atoms. The molecule has 0 radical (unpaired) electrons. The molecule has 0 spiro atoms. The summed E-state index contributed by atoms with van der Waals surface area (Å²) in [5.74, 6) is 0.0938. The third-order valence-corrected chi connectivity index (χ3v) is 3.69. The van der Waals surface area contributed by atoms with Crippen molar-refractivity contribution in [2.75, 3.05) is 26.2 Å². The Kier molecular flexibility index (Phi) is 6.09. The maximum atomic E-state index is 11.7. The monoisotopic (exact) mass is 255 g/mol. The second-order valence-corrected chi connectivity index (χ2v) is 5.82. The van der Waals surface area contributed by atoms with Gasteiger partial charge in [-0.2, -0.15) is 0 Å². The molecule has 4 heteroatoms. The van der Waals surface area contributed by atoms with Crippen molar-refractivity contribution in [3.63, 3.8) is 0 Å². The van der Waals surface area contributed by atoms with E-state index in [1.807, 2.05) is 0 Å². The summed E-state index contributed by atoms with van der Waals surface area (Å²) in [5.41, 5.74) is -0.0950. The first-order chi connectivity index (χ1) is 8.48. The Bertz CT molecular complexity index is 262. The molecule has 0 aromatic heterocycles.